The zero-order chi connectivity index (χ0) is 16.4. The third kappa shape index (κ3) is 2.58. The number of hydrogen-bond acceptors (Lipinski definition) is 6. The van der Waals surface area contributed by atoms with Crippen LogP contribution in [0, 0.1) is 6.92 Å². The van der Waals surface area contributed by atoms with Crippen LogP contribution in [0.1, 0.15) is 31.8 Å². The van der Waals surface area contributed by atoms with Gasteiger partial charge in [0.05, 0.1) is 18.2 Å². The molecule has 0 unspecified atom stereocenters. The van der Waals surface area contributed by atoms with Crippen LogP contribution in [0.3, 0.4) is 0 Å². The second-order valence-corrected chi connectivity index (χ2v) is 4.70. The van der Waals surface area contributed by atoms with Gasteiger partial charge < -0.3 is 20.1 Å². The minimum absolute atomic E-state index is 0.160. The van der Waals surface area contributed by atoms with E-state index in [1.165, 1.54) is 30.3 Å². The number of phenols is 3. The van der Waals surface area contributed by atoms with Crippen LogP contribution in [0.25, 0.3) is 0 Å². The highest BCUT2D eigenvalue weighted by atomic mass is 16.5. The highest BCUT2D eigenvalue weighted by molar-refractivity contribution is 6.18. The summed E-state index contributed by atoms with van der Waals surface area (Å²) in [5.74, 6) is -3.03. The fourth-order valence-electron chi connectivity index (χ4n) is 2.16. The Kier molecular flexibility index (Phi) is 4.03. The standard InChI is InChI=1S/C16H14O6/c1-8-6-11(18)14(12(19)7-8)15(20)13-9(16(21)22-2)4-3-5-10(13)17/h3-7,17-19H,1-2H3. The summed E-state index contributed by atoms with van der Waals surface area (Å²) in [6.07, 6.45) is 0. The molecule has 0 fully saturated rings. The molecule has 0 atom stereocenters. The van der Waals surface area contributed by atoms with Gasteiger partial charge in [-0.3, -0.25) is 4.79 Å². The maximum Gasteiger partial charge on any atom is 0.338 e. The lowest BCUT2D eigenvalue weighted by Gasteiger charge is -2.12. The van der Waals surface area contributed by atoms with Crippen LogP contribution in [-0.2, 0) is 4.74 Å². The van der Waals surface area contributed by atoms with E-state index in [4.69, 9.17) is 0 Å². The number of ketones is 1. The molecule has 6 heteroatoms. The van der Waals surface area contributed by atoms with E-state index < -0.39 is 34.6 Å². The van der Waals surface area contributed by atoms with Gasteiger partial charge >= 0.3 is 5.97 Å². The fourth-order valence-corrected chi connectivity index (χ4v) is 2.16. The van der Waals surface area contributed by atoms with Crippen LogP contribution >= 0.6 is 0 Å². The molecular formula is C16H14O6. The van der Waals surface area contributed by atoms with Gasteiger partial charge in [-0.05, 0) is 36.8 Å². The molecule has 0 amide bonds. The maximum atomic E-state index is 12.6. The van der Waals surface area contributed by atoms with Crippen LogP contribution in [0.2, 0.25) is 0 Å². The monoisotopic (exact) mass is 302 g/mol. The predicted molar refractivity (Wildman–Crippen MR) is 77.4 cm³/mol. The Balaban J connectivity index is 2.68. The van der Waals surface area contributed by atoms with E-state index in [1.54, 1.807) is 6.92 Å². The molecule has 0 aromatic heterocycles. The number of carbonyl (C=O) groups excluding carboxylic acids is 2. The molecule has 0 spiro atoms. The first-order chi connectivity index (χ1) is 10.4. The number of ether oxygens (including phenoxy) is 1. The summed E-state index contributed by atoms with van der Waals surface area (Å²) in [6.45, 7) is 1.63. The molecule has 0 radical (unpaired) electrons. The minimum atomic E-state index is -0.881. The zero-order valence-electron chi connectivity index (χ0n) is 12.0. The number of methoxy groups -OCH3 is 1. The van der Waals surface area contributed by atoms with E-state index in [0.717, 1.165) is 7.11 Å². The van der Waals surface area contributed by atoms with Crippen LogP contribution in [0.15, 0.2) is 30.3 Å². The van der Waals surface area contributed by atoms with Crippen molar-refractivity contribution in [2.24, 2.45) is 0 Å². The average molecular weight is 302 g/mol. The molecule has 114 valence electrons. The van der Waals surface area contributed by atoms with Gasteiger partial charge in [-0.25, -0.2) is 4.79 Å². The molecule has 0 heterocycles. The van der Waals surface area contributed by atoms with Crippen LogP contribution < -0.4 is 0 Å². The van der Waals surface area contributed by atoms with Crippen LogP contribution in [0.4, 0.5) is 0 Å². The summed E-state index contributed by atoms with van der Waals surface area (Å²) >= 11 is 0. The number of aromatic hydroxyl groups is 3. The highest BCUT2D eigenvalue weighted by Crippen LogP contribution is 2.34. The van der Waals surface area contributed by atoms with E-state index >= 15 is 0 Å². The molecule has 2 aromatic rings. The molecule has 3 N–H and O–H groups in total. The molecular weight excluding hydrogens is 288 g/mol. The molecule has 6 nitrogen and oxygen atoms in total. The average Bonchev–Trinajstić information content (AvgIpc) is 2.44. The number of rotatable bonds is 3. The summed E-state index contributed by atoms with van der Waals surface area (Å²) in [6, 6.07) is 6.51. The van der Waals surface area contributed by atoms with Crippen molar-refractivity contribution in [3.63, 3.8) is 0 Å². The Morgan fingerprint density at radius 2 is 1.55 bits per heavy atom. The topological polar surface area (TPSA) is 104 Å². The summed E-state index contributed by atoms with van der Waals surface area (Å²) < 4.78 is 4.57. The largest absolute Gasteiger partial charge is 0.507 e. The number of hydrogen-bond donors (Lipinski definition) is 3. The Bertz CT molecular complexity index is 740. The molecule has 2 aromatic carbocycles. The molecule has 0 saturated carbocycles. The van der Waals surface area contributed by atoms with Crippen molar-refractivity contribution >= 4 is 11.8 Å². The van der Waals surface area contributed by atoms with E-state index in [9.17, 15) is 24.9 Å². The number of aryl methyl sites for hydroxylation is 1. The van der Waals surface area contributed by atoms with Crippen molar-refractivity contribution in [1.29, 1.82) is 0 Å². The smallest absolute Gasteiger partial charge is 0.338 e. The van der Waals surface area contributed by atoms with Gasteiger partial charge in [-0.1, -0.05) is 6.07 Å². The zero-order valence-corrected chi connectivity index (χ0v) is 12.0. The van der Waals surface area contributed by atoms with Crippen molar-refractivity contribution in [3.05, 3.63) is 52.6 Å². The second-order valence-electron chi connectivity index (χ2n) is 4.70. The summed E-state index contributed by atoms with van der Waals surface area (Å²) in [5, 5.41) is 29.7. The number of phenolic OH excluding ortho intramolecular Hbond substituents is 3. The lowest BCUT2D eigenvalue weighted by atomic mass is 9.95. The van der Waals surface area contributed by atoms with Gasteiger partial charge in [-0.2, -0.15) is 0 Å². The van der Waals surface area contributed by atoms with E-state index in [1.807, 2.05) is 0 Å². The first-order valence-corrected chi connectivity index (χ1v) is 6.34. The number of carbonyl (C=O) groups is 2. The Morgan fingerprint density at radius 1 is 0.955 bits per heavy atom. The SMILES string of the molecule is COC(=O)c1cccc(O)c1C(=O)c1c(O)cc(C)cc1O. The number of esters is 1. The van der Waals surface area contributed by atoms with Crippen molar-refractivity contribution in [3.8, 4) is 17.2 Å². The molecule has 22 heavy (non-hydrogen) atoms. The van der Waals surface area contributed by atoms with Crippen molar-refractivity contribution < 1.29 is 29.6 Å². The van der Waals surface area contributed by atoms with Gasteiger partial charge in [0, 0.05) is 0 Å². The second kappa shape index (κ2) is 5.77. The quantitative estimate of drug-likeness (QED) is 0.592. The van der Waals surface area contributed by atoms with E-state index in [-0.39, 0.29) is 11.1 Å². The maximum absolute atomic E-state index is 12.6. The van der Waals surface area contributed by atoms with Crippen LogP contribution in [0.5, 0.6) is 17.2 Å². The molecule has 0 aliphatic rings. The summed E-state index contributed by atoms with van der Waals surface area (Å²) in [7, 11) is 1.14. The lowest BCUT2D eigenvalue weighted by molar-refractivity contribution is 0.0596. The Labute approximate surface area is 126 Å². The lowest BCUT2D eigenvalue weighted by Crippen LogP contribution is -2.12. The van der Waals surface area contributed by atoms with Gasteiger partial charge in [0.15, 0.2) is 0 Å². The minimum Gasteiger partial charge on any atom is -0.507 e. The van der Waals surface area contributed by atoms with E-state index in [2.05, 4.69) is 4.74 Å². The van der Waals surface area contributed by atoms with Gasteiger partial charge in [0.1, 0.15) is 22.8 Å². The molecule has 2 rings (SSSR count). The summed E-state index contributed by atoms with van der Waals surface area (Å²) in [5.41, 5.74) is -0.343. The normalized spacial score (nSPS) is 10.3. The first-order valence-electron chi connectivity index (χ1n) is 6.34. The Morgan fingerprint density at radius 3 is 2.09 bits per heavy atom. The molecule has 0 aliphatic carbocycles. The Hall–Kier alpha value is -3.02. The predicted octanol–water partition coefficient (Wildman–Crippen LogP) is 2.13. The van der Waals surface area contributed by atoms with Gasteiger partial charge in [0.25, 0.3) is 0 Å². The molecule has 0 bridgehead atoms. The third-order valence-corrected chi connectivity index (χ3v) is 3.14. The fraction of sp³-hybridized carbons (Fsp3) is 0.125. The van der Waals surface area contributed by atoms with Crippen molar-refractivity contribution in [2.75, 3.05) is 7.11 Å². The van der Waals surface area contributed by atoms with Crippen molar-refractivity contribution in [1.82, 2.24) is 0 Å². The van der Waals surface area contributed by atoms with Crippen LogP contribution in [-0.4, -0.2) is 34.2 Å². The van der Waals surface area contributed by atoms with Crippen molar-refractivity contribution in [2.45, 2.75) is 6.92 Å². The number of benzene rings is 2. The first kappa shape index (κ1) is 15.4. The molecule has 0 aliphatic heterocycles. The van der Waals surface area contributed by atoms with Gasteiger partial charge in [-0.15, -0.1) is 0 Å². The van der Waals surface area contributed by atoms with Gasteiger partial charge in [0.2, 0.25) is 5.78 Å². The highest BCUT2D eigenvalue weighted by Gasteiger charge is 2.26. The molecule has 0 saturated heterocycles. The third-order valence-electron chi connectivity index (χ3n) is 3.14. The summed E-state index contributed by atoms with van der Waals surface area (Å²) in [4.78, 5) is 24.3. The van der Waals surface area contributed by atoms with E-state index in [0.29, 0.717) is 5.56 Å².